The summed E-state index contributed by atoms with van der Waals surface area (Å²) in [6.45, 7) is 5.62. The summed E-state index contributed by atoms with van der Waals surface area (Å²) >= 11 is 6.63. The van der Waals surface area contributed by atoms with Gasteiger partial charge in [0.05, 0.1) is 45.0 Å². The van der Waals surface area contributed by atoms with Gasteiger partial charge in [-0.15, -0.1) is 0 Å². The number of amides is 1. The third kappa shape index (κ3) is 5.86. The van der Waals surface area contributed by atoms with Gasteiger partial charge in [-0.3, -0.25) is 4.79 Å². The molecule has 0 atom stereocenters. The number of imidazole rings is 1. The Morgan fingerprint density at radius 3 is 2.58 bits per heavy atom. The number of rotatable bonds is 11. The highest BCUT2D eigenvalue weighted by atomic mass is 35.5. The first-order chi connectivity index (χ1) is 18.4. The third-order valence-electron chi connectivity index (χ3n) is 6.37. The Morgan fingerprint density at radius 1 is 1.05 bits per heavy atom. The minimum atomic E-state index is -0.204. The second-order valence-corrected chi connectivity index (χ2v) is 9.76. The van der Waals surface area contributed by atoms with E-state index in [9.17, 15) is 4.79 Å². The Balaban J connectivity index is 1.74. The second kappa shape index (κ2) is 12.2. The summed E-state index contributed by atoms with van der Waals surface area (Å²) in [6, 6.07) is 15.1. The molecule has 0 aliphatic rings. The van der Waals surface area contributed by atoms with E-state index in [2.05, 4.69) is 23.4 Å². The molecule has 0 bridgehead atoms. The van der Waals surface area contributed by atoms with Gasteiger partial charge in [-0.2, -0.15) is 0 Å². The first kappa shape index (κ1) is 27.3. The number of nitrogens with zero attached hydrogens (tertiary/aromatic N) is 4. The van der Waals surface area contributed by atoms with Crippen molar-refractivity contribution < 1.29 is 19.0 Å². The Kier molecular flexibility index (Phi) is 8.73. The molecule has 0 radical (unpaired) electrons. The normalized spacial score (nSPS) is 11.1. The van der Waals surface area contributed by atoms with Crippen LogP contribution >= 0.6 is 11.6 Å². The van der Waals surface area contributed by atoms with Crippen molar-refractivity contribution in [2.75, 3.05) is 27.9 Å². The molecule has 2 aromatic carbocycles. The largest absolute Gasteiger partial charge is 0.497 e. The number of fused-ring (bicyclic) bond motifs is 1. The number of ether oxygens (including phenoxy) is 3. The number of carbonyl (C=O) groups excluding carboxylic acids is 1. The molecule has 8 nitrogen and oxygen atoms in total. The van der Waals surface area contributed by atoms with Gasteiger partial charge < -0.3 is 23.7 Å². The van der Waals surface area contributed by atoms with Crippen LogP contribution in [0.1, 0.15) is 42.0 Å². The van der Waals surface area contributed by atoms with Crippen LogP contribution in [0.5, 0.6) is 17.2 Å². The average Bonchev–Trinajstić information content (AvgIpc) is 3.27. The molecule has 0 saturated carbocycles. The molecule has 2 aromatic heterocycles. The summed E-state index contributed by atoms with van der Waals surface area (Å²) in [5.74, 6) is 2.51. The number of aromatic nitrogens is 3. The standard InChI is InChI=1S/C29H33ClN4O4/c1-19(2)13-15-33(29(35)22-11-12-24(37-4)27(38-5)26(22)30)18-25-32-23-10-7-14-31-28(23)34(25)17-20-8-6-9-21(16-20)36-3/h6-12,14,16,19H,13,15,17-18H2,1-5H3. The van der Waals surface area contributed by atoms with Crippen LogP contribution in [0.3, 0.4) is 0 Å². The molecule has 9 heteroatoms. The van der Waals surface area contributed by atoms with E-state index < -0.39 is 0 Å². The van der Waals surface area contributed by atoms with Gasteiger partial charge in [0, 0.05) is 12.7 Å². The highest BCUT2D eigenvalue weighted by Gasteiger charge is 2.25. The van der Waals surface area contributed by atoms with Crippen LogP contribution in [-0.4, -0.2) is 53.2 Å². The van der Waals surface area contributed by atoms with Gasteiger partial charge in [0.1, 0.15) is 17.1 Å². The van der Waals surface area contributed by atoms with Crippen LogP contribution in [0.25, 0.3) is 11.2 Å². The van der Waals surface area contributed by atoms with Gasteiger partial charge in [-0.1, -0.05) is 37.6 Å². The zero-order valence-electron chi connectivity index (χ0n) is 22.4. The minimum Gasteiger partial charge on any atom is -0.497 e. The molecular formula is C29H33ClN4O4. The highest BCUT2D eigenvalue weighted by Crippen LogP contribution is 2.38. The fourth-order valence-corrected chi connectivity index (χ4v) is 4.62. The van der Waals surface area contributed by atoms with E-state index >= 15 is 0 Å². The molecule has 200 valence electrons. The lowest BCUT2D eigenvalue weighted by atomic mass is 10.1. The summed E-state index contributed by atoms with van der Waals surface area (Å²) in [6.07, 6.45) is 2.58. The van der Waals surface area contributed by atoms with Crippen molar-refractivity contribution in [3.8, 4) is 17.2 Å². The Hall–Kier alpha value is -3.78. The monoisotopic (exact) mass is 536 g/mol. The lowest BCUT2D eigenvalue weighted by Crippen LogP contribution is -2.33. The Morgan fingerprint density at radius 2 is 1.87 bits per heavy atom. The summed E-state index contributed by atoms with van der Waals surface area (Å²) in [4.78, 5) is 25.2. The zero-order chi connectivity index (χ0) is 27.2. The molecule has 4 rings (SSSR count). The quantitative estimate of drug-likeness (QED) is 0.239. The van der Waals surface area contributed by atoms with Gasteiger partial charge in [-0.25, -0.2) is 9.97 Å². The van der Waals surface area contributed by atoms with Gasteiger partial charge in [0.25, 0.3) is 5.91 Å². The predicted molar refractivity (Wildman–Crippen MR) is 148 cm³/mol. The van der Waals surface area contributed by atoms with Crippen molar-refractivity contribution in [2.45, 2.75) is 33.4 Å². The number of hydrogen-bond acceptors (Lipinski definition) is 6. The molecular weight excluding hydrogens is 504 g/mol. The maximum absolute atomic E-state index is 13.9. The molecule has 0 aliphatic carbocycles. The maximum atomic E-state index is 13.9. The van der Waals surface area contributed by atoms with Gasteiger partial charge >= 0.3 is 0 Å². The number of benzene rings is 2. The smallest absolute Gasteiger partial charge is 0.255 e. The summed E-state index contributed by atoms with van der Waals surface area (Å²) in [5, 5.41) is 0.220. The minimum absolute atomic E-state index is 0.204. The van der Waals surface area contributed by atoms with Crippen molar-refractivity contribution in [1.82, 2.24) is 19.4 Å². The van der Waals surface area contributed by atoms with Crippen LogP contribution in [0.2, 0.25) is 5.02 Å². The third-order valence-corrected chi connectivity index (χ3v) is 6.74. The first-order valence-corrected chi connectivity index (χ1v) is 12.9. The van der Waals surface area contributed by atoms with Gasteiger partial charge in [0.15, 0.2) is 17.1 Å². The number of halogens is 1. The summed E-state index contributed by atoms with van der Waals surface area (Å²) in [5.41, 5.74) is 2.91. The van der Waals surface area contributed by atoms with Crippen molar-refractivity contribution in [2.24, 2.45) is 5.92 Å². The van der Waals surface area contributed by atoms with Crippen molar-refractivity contribution in [1.29, 1.82) is 0 Å². The fourth-order valence-electron chi connectivity index (χ4n) is 4.31. The molecule has 0 spiro atoms. The van der Waals surface area contributed by atoms with Crippen LogP contribution < -0.4 is 14.2 Å². The first-order valence-electron chi connectivity index (χ1n) is 12.5. The fraction of sp³-hybridized carbons (Fsp3) is 0.345. The van der Waals surface area contributed by atoms with Crippen molar-refractivity contribution in [3.05, 3.63) is 76.7 Å². The van der Waals surface area contributed by atoms with Crippen LogP contribution in [0.4, 0.5) is 0 Å². The average molecular weight is 537 g/mol. The molecule has 2 heterocycles. The molecule has 0 unspecified atom stereocenters. The lowest BCUT2D eigenvalue weighted by Gasteiger charge is -2.25. The molecule has 0 aliphatic heterocycles. The molecule has 1 amide bonds. The van der Waals surface area contributed by atoms with E-state index in [1.54, 1.807) is 30.3 Å². The van der Waals surface area contributed by atoms with Crippen LogP contribution in [0.15, 0.2) is 54.7 Å². The van der Waals surface area contributed by atoms with Gasteiger partial charge in [0.2, 0.25) is 0 Å². The SMILES string of the molecule is COc1cccc(Cn2c(CN(CCC(C)C)C(=O)c3ccc(OC)c(OC)c3Cl)nc3cccnc32)c1. The molecule has 0 fully saturated rings. The van der Waals surface area contributed by atoms with E-state index in [4.69, 9.17) is 30.8 Å². The van der Waals surface area contributed by atoms with Crippen molar-refractivity contribution in [3.63, 3.8) is 0 Å². The van der Waals surface area contributed by atoms with E-state index in [0.717, 1.165) is 34.7 Å². The summed E-state index contributed by atoms with van der Waals surface area (Å²) in [7, 11) is 4.68. The van der Waals surface area contributed by atoms with E-state index in [0.29, 0.717) is 36.1 Å². The zero-order valence-corrected chi connectivity index (χ0v) is 23.2. The number of methoxy groups -OCH3 is 3. The topological polar surface area (TPSA) is 78.7 Å². The van der Waals surface area contributed by atoms with E-state index in [1.807, 2.05) is 36.4 Å². The molecule has 38 heavy (non-hydrogen) atoms. The molecule has 0 saturated heterocycles. The van der Waals surface area contributed by atoms with Crippen LogP contribution in [-0.2, 0) is 13.1 Å². The predicted octanol–water partition coefficient (Wildman–Crippen LogP) is 5.85. The lowest BCUT2D eigenvalue weighted by molar-refractivity contribution is 0.0729. The molecule has 0 N–H and O–H groups in total. The number of hydrogen-bond donors (Lipinski definition) is 0. The van der Waals surface area contributed by atoms with Crippen molar-refractivity contribution >= 4 is 28.7 Å². The van der Waals surface area contributed by atoms with E-state index in [-0.39, 0.29) is 17.5 Å². The Bertz CT molecular complexity index is 1420. The number of pyridine rings is 1. The number of carbonyl (C=O) groups is 1. The molecule has 4 aromatic rings. The van der Waals surface area contributed by atoms with E-state index in [1.165, 1.54) is 14.2 Å². The highest BCUT2D eigenvalue weighted by molar-refractivity contribution is 6.35. The Labute approximate surface area is 228 Å². The summed E-state index contributed by atoms with van der Waals surface area (Å²) < 4.78 is 18.2. The second-order valence-electron chi connectivity index (χ2n) is 9.38. The van der Waals surface area contributed by atoms with Gasteiger partial charge in [-0.05, 0) is 54.3 Å². The van der Waals surface area contributed by atoms with Crippen LogP contribution in [0, 0.1) is 5.92 Å². The maximum Gasteiger partial charge on any atom is 0.255 e.